The molecule has 1 aromatic rings. The van der Waals surface area contributed by atoms with Crippen LogP contribution in [0.5, 0.6) is 0 Å². The van der Waals surface area contributed by atoms with Gasteiger partial charge < -0.3 is 15.8 Å². The highest BCUT2D eigenvalue weighted by molar-refractivity contribution is 7.80. The lowest BCUT2D eigenvalue weighted by Gasteiger charge is -2.21. The number of ether oxygens (including phenoxy) is 1. The van der Waals surface area contributed by atoms with Crippen molar-refractivity contribution < 1.29 is 22.7 Å². The van der Waals surface area contributed by atoms with Gasteiger partial charge in [0.2, 0.25) is 0 Å². The first kappa shape index (κ1) is 17.4. The van der Waals surface area contributed by atoms with E-state index in [1.165, 1.54) is 6.92 Å². The third-order valence-corrected chi connectivity index (χ3v) is 2.91. The summed E-state index contributed by atoms with van der Waals surface area (Å²) in [5.41, 5.74) is 6.26. The molecule has 1 rings (SSSR count). The predicted octanol–water partition coefficient (Wildman–Crippen LogP) is 2.62. The number of thiocarbonyl (C=S) groups is 1. The first-order chi connectivity index (χ1) is 9.62. The van der Waals surface area contributed by atoms with E-state index in [1.807, 2.05) is 0 Å². The third kappa shape index (κ3) is 4.98. The SMILES string of the molecule is CC(OC(C)C(F)(F)F)C(=O)Nc1ccccc1C(N)=S. The standard InChI is InChI=1S/C13H15F3N2O2S/c1-7(20-8(2)13(14,15)16)12(19)18-10-6-4-3-5-9(10)11(17)21/h3-8H,1-2H3,(H2,17,21)(H,18,19). The molecule has 3 N–H and O–H groups in total. The fourth-order valence-corrected chi connectivity index (χ4v) is 1.66. The summed E-state index contributed by atoms with van der Waals surface area (Å²) in [5.74, 6) is -0.713. The van der Waals surface area contributed by atoms with E-state index >= 15 is 0 Å². The highest BCUT2D eigenvalue weighted by Crippen LogP contribution is 2.24. The average Bonchev–Trinajstić information content (AvgIpc) is 2.37. The van der Waals surface area contributed by atoms with E-state index in [-0.39, 0.29) is 4.99 Å². The van der Waals surface area contributed by atoms with Crippen LogP contribution in [-0.4, -0.2) is 29.3 Å². The Morgan fingerprint density at radius 3 is 2.43 bits per heavy atom. The largest absolute Gasteiger partial charge is 0.414 e. The second kappa shape index (κ2) is 6.86. The fourth-order valence-electron chi connectivity index (χ4n) is 1.49. The van der Waals surface area contributed by atoms with Crippen molar-refractivity contribution >= 4 is 28.8 Å². The second-order valence-corrected chi connectivity index (χ2v) is 4.80. The van der Waals surface area contributed by atoms with Crippen molar-refractivity contribution in [1.29, 1.82) is 0 Å². The van der Waals surface area contributed by atoms with Crippen molar-refractivity contribution in [2.24, 2.45) is 5.73 Å². The Labute approximate surface area is 125 Å². The van der Waals surface area contributed by atoms with Gasteiger partial charge in [-0.2, -0.15) is 13.2 Å². The summed E-state index contributed by atoms with van der Waals surface area (Å²) in [6, 6.07) is 6.46. The molecule has 0 bridgehead atoms. The summed E-state index contributed by atoms with van der Waals surface area (Å²) in [4.78, 5) is 11.9. The molecule has 0 saturated carbocycles. The molecule has 0 aliphatic heterocycles. The Morgan fingerprint density at radius 2 is 1.90 bits per heavy atom. The van der Waals surface area contributed by atoms with Crippen LogP contribution >= 0.6 is 12.2 Å². The van der Waals surface area contributed by atoms with Gasteiger partial charge in [-0.1, -0.05) is 24.4 Å². The number of halogens is 3. The molecule has 0 spiro atoms. The molecule has 0 aliphatic carbocycles. The smallest absolute Gasteiger partial charge is 0.389 e. The van der Waals surface area contributed by atoms with Crippen molar-refractivity contribution in [3.8, 4) is 0 Å². The molecule has 1 amide bonds. The molecule has 8 heteroatoms. The van der Waals surface area contributed by atoms with Crippen LogP contribution in [0.15, 0.2) is 24.3 Å². The van der Waals surface area contributed by atoms with Gasteiger partial charge in [-0.25, -0.2) is 0 Å². The minimum Gasteiger partial charge on any atom is -0.389 e. The van der Waals surface area contributed by atoms with Crippen LogP contribution in [0.1, 0.15) is 19.4 Å². The molecule has 2 atom stereocenters. The van der Waals surface area contributed by atoms with Crippen molar-refractivity contribution in [2.75, 3.05) is 5.32 Å². The van der Waals surface area contributed by atoms with Crippen LogP contribution in [-0.2, 0) is 9.53 Å². The quantitative estimate of drug-likeness (QED) is 0.819. The number of anilines is 1. The van der Waals surface area contributed by atoms with Crippen LogP contribution in [0, 0.1) is 0 Å². The zero-order chi connectivity index (χ0) is 16.2. The number of rotatable bonds is 5. The molecular formula is C13H15F3N2O2S. The molecule has 0 saturated heterocycles. The number of nitrogens with one attached hydrogen (secondary N) is 1. The molecule has 2 unspecified atom stereocenters. The van der Waals surface area contributed by atoms with Gasteiger partial charge in [0.05, 0.1) is 5.69 Å². The zero-order valence-electron chi connectivity index (χ0n) is 11.4. The minimum atomic E-state index is -4.52. The van der Waals surface area contributed by atoms with E-state index in [0.717, 1.165) is 6.92 Å². The van der Waals surface area contributed by atoms with Crippen molar-refractivity contribution in [3.63, 3.8) is 0 Å². The van der Waals surface area contributed by atoms with E-state index in [9.17, 15) is 18.0 Å². The van der Waals surface area contributed by atoms with E-state index in [4.69, 9.17) is 18.0 Å². The molecule has 0 aliphatic rings. The number of amides is 1. The van der Waals surface area contributed by atoms with Gasteiger partial charge in [-0.3, -0.25) is 4.79 Å². The molecule has 0 radical (unpaired) electrons. The second-order valence-electron chi connectivity index (χ2n) is 4.36. The molecule has 0 aromatic heterocycles. The van der Waals surface area contributed by atoms with Gasteiger partial charge in [-0.05, 0) is 26.0 Å². The molecule has 0 heterocycles. The minimum absolute atomic E-state index is 0.0723. The lowest BCUT2D eigenvalue weighted by Crippen LogP contribution is -2.37. The maximum atomic E-state index is 12.4. The molecule has 0 fully saturated rings. The van der Waals surface area contributed by atoms with Gasteiger partial charge in [0.1, 0.15) is 11.1 Å². The Kier molecular flexibility index (Phi) is 5.68. The first-order valence-electron chi connectivity index (χ1n) is 6.04. The molecule has 4 nitrogen and oxygen atoms in total. The summed E-state index contributed by atoms with van der Waals surface area (Å²) in [6.45, 7) is 2.08. The van der Waals surface area contributed by atoms with Gasteiger partial charge in [0, 0.05) is 5.56 Å². The summed E-state index contributed by atoms with van der Waals surface area (Å²) < 4.78 is 41.8. The normalized spacial score (nSPS) is 14.3. The van der Waals surface area contributed by atoms with Crippen molar-refractivity contribution in [1.82, 2.24) is 0 Å². The number of nitrogens with two attached hydrogens (primary N) is 1. The van der Waals surface area contributed by atoms with Crippen molar-refractivity contribution in [2.45, 2.75) is 32.2 Å². The maximum Gasteiger partial charge on any atom is 0.414 e. The van der Waals surface area contributed by atoms with E-state index in [2.05, 4.69) is 10.1 Å². The first-order valence-corrected chi connectivity index (χ1v) is 6.45. The van der Waals surface area contributed by atoms with Crippen LogP contribution in [0.4, 0.5) is 18.9 Å². The van der Waals surface area contributed by atoms with Crippen LogP contribution in [0.2, 0.25) is 0 Å². The number of carbonyl (C=O) groups is 1. The highest BCUT2D eigenvalue weighted by atomic mass is 32.1. The monoisotopic (exact) mass is 320 g/mol. The Balaban J connectivity index is 2.76. The number of benzene rings is 1. The number of alkyl halides is 3. The average molecular weight is 320 g/mol. The number of carbonyl (C=O) groups excluding carboxylic acids is 1. The van der Waals surface area contributed by atoms with Gasteiger partial charge in [0.25, 0.3) is 5.91 Å². The van der Waals surface area contributed by atoms with E-state index in [0.29, 0.717) is 11.3 Å². The molecule has 21 heavy (non-hydrogen) atoms. The summed E-state index contributed by atoms with van der Waals surface area (Å²) in [5, 5.41) is 2.45. The molecular weight excluding hydrogens is 305 g/mol. The number of hydrogen-bond donors (Lipinski definition) is 2. The van der Waals surface area contributed by atoms with Gasteiger partial charge >= 0.3 is 6.18 Å². The molecule has 116 valence electrons. The van der Waals surface area contributed by atoms with Gasteiger partial charge in [0.15, 0.2) is 6.10 Å². The topological polar surface area (TPSA) is 64.3 Å². The summed E-state index contributed by atoms with van der Waals surface area (Å²) in [7, 11) is 0. The summed E-state index contributed by atoms with van der Waals surface area (Å²) in [6.07, 6.45) is -7.84. The number of hydrogen-bond acceptors (Lipinski definition) is 3. The highest BCUT2D eigenvalue weighted by Gasteiger charge is 2.38. The van der Waals surface area contributed by atoms with Gasteiger partial charge in [-0.15, -0.1) is 0 Å². The molecule has 1 aromatic carbocycles. The predicted molar refractivity (Wildman–Crippen MR) is 77.0 cm³/mol. The van der Waals surface area contributed by atoms with E-state index in [1.54, 1.807) is 24.3 Å². The Hall–Kier alpha value is -1.67. The summed E-state index contributed by atoms with van der Waals surface area (Å²) >= 11 is 4.83. The van der Waals surface area contributed by atoms with Crippen molar-refractivity contribution in [3.05, 3.63) is 29.8 Å². The van der Waals surface area contributed by atoms with E-state index < -0.39 is 24.3 Å². The zero-order valence-corrected chi connectivity index (χ0v) is 12.2. The van der Waals surface area contributed by atoms with Crippen LogP contribution in [0.3, 0.4) is 0 Å². The lowest BCUT2D eigenvalue weighted by molar-refractivity contribution is -0.223. The lowest BCUT2D eigenvalue weighted by atomic mass is 10.1. The van der Waals surface area contributed by atoms with Crippen LogP contribution in [0.25, 0.3) is 0 Å². The Bertz CT molecular complexity index is 534. The Morgan fingerprint density at radius 1 is 1.33 bits per heavy atom. The third-order valence-electron chi connectivity index (χ3n) is 2.69. The maximum absolute atomic E-state index is 12.4. The fraction of sp³-hybridized carbons (Fsp3) is 0.385. The number of para-hydroxylation sites is 1. The van der Waals surface area contributed by atoms with Crippen LogP contribution < -0.4 is 11.1 Å².